The predicted molar refractivity (Wildman–Crippen MR) is 87.2 cm³/mol. The summed E-state index contributed by atoms with van der Waals surface area (Å²) in [7, 11) is 1.28. The molecule has 1 atom stereocenters. The number of amides is 1. The van der Waals surface area contributed by atoms with Gasteiger partial charge in [0.15, 0.2) is 11.5 Å². The average molecular weight is 359 g/mol. The topological polar surface area (TPSA) is 84.9 Å². The van der Waals surface area contributed by atoms with Crippen LogP contribution in [0.2, 0.25) is 0 Å². The molecule has 1 aromatic rings. The van der Waals surface area contributed by atoms with Gasteiger partial charge < -0.3 is 19.9 Å². The van der Waals surface area contributed by atoms with E-state index in [1.54, 1.807) is 0 Å². The molecule has 0 saturated carbocycles. The van der Waals surface area contributed by atoms with E-state index >= 15 is 0 Å². The Bertz CT molecular complexity index is 614. The number of carbonyl (C=O) groups excluding carboxylic acids is 1. The Kier molecular flexibility index (Phi) is 7.14. The minimum Gasteiger partial charge on any atom is -0.493 e. The summed E-state index contributed by atoms with van der Waals surface area (Å²) in [5.74, 6) is -2.11. The summed E-state index contributed by atoms with van der Waals surface area (Å²) >= 11 is 0. The lowest BCUT2D eigenvalue weighted by atomic mass is 9.88. The molecule has 0 aliphatic rings. The molecule has 0 radical (unpaired) electrons. The van der Waals surface area contributed by atoms with Gasteiger partial charge in [-0.1, -0.05) is 20.8 Å². The predicted octanol–water partition coefficient (Wildman–Crippen LogP) is 3.31. The van der Waals surface area contributed by atoms with Crippen molar-refractivity contribution in [1.82, 2.24) is 5.32 Å². The molecule has 1 aromatic carbocycles. The van der Waals surface area contributed by atoms with Crippen LogP contribution in [0.3, 0.4) is 0 Å². The van der Waals surface area contributed by atoms with Gasteiger partial charge in [0, 0.05) is 5.56 Å². The van der Waals surface area contributed by atoms with Crippen LogP contribution in [-0.4, -0.2) is 36.7 Å². The zero-order valence-corrected chi connectivity index (χ0v) is 14.6. The largest absolute Gasteiger partial charge is 0.493 e. The second-order valence-electron chi connectivity index (χ2n) is 6.71. The van der Waals surface area contributed by atoms with Gasteiger partial charge in [0.05, 0.1) is 7.11 Å². The zero-order chi connectivity index (χ0) is 19.2. The third kappa shape index (κ3) is 6.94. The Hall–Kier alpha value is -2.38. The van der Waals surface area contributed by atoms with Crippen molar-refractivity contribution in [2.75, 3.05) is 7.11 Å². The van der Waals surface area contributed by atoms with E-state index in [9.17, 15) is 23.5 Å². The van der Waals surface area contributed by atoms with Gasteiger partial charge in [-0.25, -0.2) is 4.79 Å². The minimum atomic E-state index is -3.08. The summed E-state index contributed by atoms with van der Waals surface area (Å²) in [5, 5.41) is 11.7. The van der Waals surface area contributed by atoms with Crippen molar-refractivity contribution < 1.29 is 33.0 Å². The van der Waals surface area contributed by atoms with Crippen LogP contribution in [-0.2, 0) is 4.79 Å². The highest BCUT2D eigenvalue weighted by Crippen LogP contribution is 2.29. The lowest BCUT2D eigenvalue weighted by Crippen LogP contribution is -2.41. The normalized spacial score (nSPS) is 12.6. The Balaban J connectivity index is 2.91. The molecule has 25 heavy (non-hydrogen) atoms. The van der Waals surface area contributed by atoms with Crippen molar-refractivity contribution in [2.24, 2.45) is 5.41 Å². The zero-order valence-electron chi connectivity index (χ0n) is 14.6. The van der Waals surface area contributed by atoms with Gasteiger partial charge >= 0.3 is 12.6 Å². The Morgan fingerprint density at radius 3 is 2.36 bits per heavy atom. The third-order valence-corrected chi connectivity index (χ3v) is 3.43. The van der Waals surface area contributed by atoms with Gasteiger partial charge in [0.25, 0.3) is 5.91 Å². The number of nitrogens with one attached hydrogen (secondary N) is 1. The maximum Gasteiger partial charge on any atom is 0.387 e. The molecule has 0 aromatic heterocycles. The maximum atomic E-state index is 12.4. The summed E-state index contributed by atoms with van der Waals surface area (Å²) in [4.78, 5) is 23.6. The lowest BCUT2D eigenvalue weighted by Gasteiger charge is -2.21. The number of hydrogen-bond donors (Lipinski definition) is 2. The molecule has 8 heteroatoms. The number of carboxylic acids is 1. The molecule has 0 saturated heterocycles. The van der Waals surface area contributed by atoms with Gasteiger partial charge in [-0.3, -0.25) is 4.79 Å². The summed E-state index contributed by atoms with van der Waals surface area (Å²) in [6.07, 6.45) is 0.841. The van der Waals surface area contributed by atoms with Crippen LogP contribution >= 0.6 is 0 Å². The van der Waals surface area contributed by atoms with E-state index in [-0.39, 0.29) is 28.9 Å². The number of ether oxygens (including phenoxy) is 2. The SMILES string of the molecule is COc1ccc(C(=O)NC(CCC(C)(C)C)C(=O)O)cc1OC(F)F. The molecular formula is C17H23F2NO5. The van der Waals surface area contributed by atoms with E-state index in [0.717, 1.165) is 6.07 Å². The first-order chi connectivity index (χ1) is 11.5. The highest BCUT2D eigenvalue weighted by atomic mass is 19.3. The fourth-order valence-corrected chi connectivity index (χ4v) is 2.08. The number of carbonyl (C=O) groups is 2. The molecule has 1 amide bonds. The molecule has 0 heterocycles. The number of methoxy groups -OCH3 is 1. The van der Waals surface area contributed by atoms with Gasteiger partial charge in [-0.05, 0) is 36.5 Å². The second kappa shape index (κ2) is 8.64. The monoisotopic (exact) mass is 359 g/mol. The van der Waals surface area contributed by atoms with Gasteiger partial charge in [0.1, 0.15) is 6.04 Å². The van der Waals surface area contributed by atoms with E-state index in [2.05, 4.69) is 10.1 Å². The van der Waals surface area contributed by atoms with Crippen LogP contribution in [0.4, 0.5) is 8.78 Å². The first-order valence-electron chi connectivity index (χ1n) is 7.70. The van der Waals surface area contributed by atoms with Crippen molar-refractivity contribution in [3.63, 3.8) is 0 Å². The highest BCUT2D eigenvalue weighted by Gasteiger charge is 2.24. The highest BCUT2D eigenvalue weighted by molar-refractivity contribution is 5.97. The molecule has 140 valence electrons. The van der Waals surface area contributed by atoms with E-state index < -0.39 is 24.5 Å². The van der Waals surface area contributed by atoms with E-state index in [0.29, 0.717) is 6.42 Å². The summed E-state index contributed by atoms with van der Waals surface area (Å²) < 4.78 is 34.1. The molecule has 1 rings (SSSR count). The Morgan fingerprint density at radius 2 is 1.88 bits per heavy atom. The van der Waals surface area contributed by atoms with Crippen molar-refractivity contribution >= 4 is 11.9 Å². The number of benzene rings is 1. The molecule has 6 nitrogen and oxygen atoms in total. The Morgan fingerprint density at radius 1 is 1.24 bits per heavy atom. The molecule has 0 aliphatic carbocycles. The van der Waals surface area contributed by atoms with Crippen molar-refractivity contribution in [3.05, 3.63) is 23.8 Å². The number of rotatable bonds is 8. The van der Waals surface area contributed by atoms with Crippen LogP contribution in [0.15, 0.2) is 18.2 Å². The summed E-state index contributed by atoms with van der Waals surface area (Å²) in [6, 6.07) is 2.66. The maximum absolute atomic E-state index is 12.4. The summed E-state index contributed by atoms with van der Waals surface area (Å²) in [5.41, 5.74) is -0.0879. The van der Waals surface area contributed by atoms with Crippen molar-refractivity contribution in [3.8, 4) is 11.5 Å². The lowest BCUT2D eigenvalue weighted by molar-refractivity contribution is -0.139. The van der Waals surface area contributed by atoms with E-state index in [1.165, 1.54) is 19.2 Å². The quantitative estimate of drug-likeness (QED) is 0.744. The van der Waals surface area contributed by atoms with Crippen LogP contribution in [0.5, 0.6) is 11.5 Å². The average Bonchev–Trinajstić information content (AvgIpc) is 2.49. The number of carboxylic acid groups (broad SMARTS) is 1. The summed E-state index contributed by atoms with van der Waals surface area (Å²) in [6.45, 7) is 2.81. The van der Waals surface area contributed by atoms with Gasteiger partial charge in [-0.15, -0.1) is 0 Å². The molecule has 0 bridgehead atoms. The van der Waals surface area contributed by atoms with Crippen LogP contribution in [0, 0.1) is 5.41 Å². The number of aliphatic carboxylic acids is 1. The molecule has 0 spiro atoms. The van der Waals surface area contributed by atoms with Gasteiger partial charge in [0.2, 0.25) is 0 Å². The first kappa shape index (κ1) is 20.7. The second-order valence-corrected chi connectivity index (χ2v) is 6.71. The molecule has 2 N–H and O–H groups in total. The number of hydrogen-bond acceptors (Lipinski definition) is 4. The fraction of sp³-hybridized carbons (Fsp3) is 0.529. The standard InChI is InChI=1S/C17H23F2NO5/c1-17(2,3)8-7-11(15(22)23)20-14(21)10-5-6-12(24-4)13(9-10)25-16(18)19/h5-6,9,11,16H,7-8H2,1-4H3,(H,20,21)(H,22,23). The third-order valence-electron chi connectivity index (χ3n) is 3.43. The number of alkyl halides is 2. The fourth-order valence-electron chi connectivity index (χ4n) is 2.08. The minimum absolute atomic E-state index is 0.00143. The molecule has 0 aliphatic heterocycles. The molecule has 1 unspecified atom stereocenters. The van der Waals surface area contributed by atoms with Crippen LogP contribution in [0.1, 0.15) is 44.0 Å². The van der Waals surface area contributed by atoms with Gasteiger partial charge in [-0.2, -0.15) is 8.78 Å². The van der Waals surface area contributed by atoms with Crippen molar-refractivity contribution in [2.45, 2.75) is 46.3 Å². The molecular weight excluding hydrogens is 336 g/mol. The van der Waals surface area contributed by atoms with Crippen LogP contribution in [0.25, 0.3) is 0 Å². The molecule has 0 fully saturated rings. The Labute approximate surface area is 145 Å². The first-order valence-corrected chi connectivity index (χ1v) is 7.70. The van der Waals surface area contributed by atoms with E-state index in [4.69, 9.17) is 4.74 Å². The number of halogens is 2. The van der Waals surface area contributed by atoms with E-state index in [1.807, 2.05) is 20.8 Å². The van der Waals surface area contributed by atoms with Crippen LogP contribution < -0.4 is 14.8 Å². The van der Waals surface area contributed by atoms with Crippen molar-refractivity contribution in [1.29, 1.82) is 0 Å². The smallest absolute Gasteiger partial charge is 0.387 e.